The summed E-state index contributed by atoms with van der Waals surface area (Å²) < 4.78 is 5.26. The van der Waals surface area contributed by atoms with Crippen LogP contribution >= 0.6 is 11.8 Å². The fourth-order valence-electron chi connectivity index (χ4n) is 1.87. The molecular weight excluding hydrogens is 246 g/mol. The van der Waals surface area contributed by atoms with Gasteiger partial charge in [-0.3, -0.25) is 0 Å². The van der Waals surface area contributed by atoms with Crippen LogP contribution in [0.5, 0.6) is 0 Å². The molecule has 0 fully saturated rings. The largest absolute Gasteiger partial charge is 0.339 e. The minimum absolute atomic E-state index is 0.680. The lowest BCUT2D eigenvalue weighted by molar-refractivity contribution is 0.351. The Morgan fingerprint density at radius 2 is 2.17 bits per heavy atom. The topological polar surface area (TPSA) is 64.9 Å². The van der Waals surface area contributed by atoms with Gasteiger partial charge >= 0.3 is 0 Å². The van der Waals surface area contributed by atoms with Crippen molar-refractivity contribution in [3.05, 3.63) is 11.7 Å². The van der Waals surface area contributed by atoms with Crippen LogP contribution < -0.4 is 5.73 Å². The minimum Gasteiger partial charge on any atom is -0.339 e. The fourth-order valence-corrected chi connectivity index (χ4v) is 2.61. The minimum atomic E-state index is 0.680. The van der Waals surface area contributed by atoms with E-state index in [1.807, 2.05) is 11.8 Å². The second kappa shape index (κ2) is 9.39. The van der Waals surface area contributed by atoms with Gasteiger partial charge in [-0.1, -0.05) is 25.4 Å². The third kappa shape index (κ3) is 5.87. The van der Waals surface area contributed by atoms with Gasteiger partial charge in [0.1, 0.15) is 0 Å². The molecule has 1 rings (SSSR count). The van der Waals surface area contributed by atoms with Crippen molar-refractivity contribution in [1.29, 1.82) is 0 Å². The summed E-state index contributed by atoms with van der Waals surface area (Å²) in [5, 5.41) is 4.01. The Labute approximate surface area is 114 Å². The summed E-state index contributed by atoms with van der Waals surface area (Å²) in [6.45, 7) is 5.15. The lowest BCUT2D eigenvalue weighted by Gasteiger charge is -2.11. The number of nitrogens with two attached hydrogens (primary N) is 1. The quantitative estimate of drug-likeness (QED) is 0.663. The van der Waals surface area contributed by atoms with Crippen LogP contribution in [0.3, 0.4) is 0 Å². The molecule has 2 N–H and O–H groups in total. The maximum atomic E-state index is 5.59. The van der Waals surface area contributed by atoms with E-state index in [-0.39, 0.29) is 0 Å². The number of hydrogen-bond acceptors (Lipinski definition) is 5. The summed E-state index contributed by atoms with van der Waals surface area (Å²) >= 11 is 1.86. The Kier molecular flexibility index (Phi) is 8.09. The molecule has 1 aromatic rings. The summed E-state index contributed by atoms with van der Waals surface area (Å²) in [5.74, 6) is 4.29. The molecule has 18 heavy (non-hydrogen) atoms. The van der Waals surface area contributed by atoms with Gasteiger partial charge in [0.25, 0.3) is 0 Å². The van der Waals surface area contributed by atoms with E-state index in [9.17, 15) is 0 Å². The first kappa shape index (κ1) is 15.5. The molecule has 0 bridgehead atoms. The summed E-state index contributed by atoms with van der Waals surface area (Å²) in [5.41, 5.74) is 5.59. The van der Waals surface area contributed by atoms with Gasteiger partial charge in [0, 0.05) is 6.42 Å². The Balaban J connectivity index is 2.29. The standard InChI is InChI=1S/C13H25N3OS/c1-3-9-18-10-12-15-13(17-16-12)6-5-11(4-2)7-8-14/h11H,3-10,14H2,1-2H3. The predicted octanol–water partition coefficient (Wildman–Crippen LogP) is 3.02. The number of nitrogens with zero attached hydrogens (tertiary/aromatic N) is 2. The molecule has 1 aromatic heterocycles. The van der Waals surface area contributed by atoms with E-state index in [4.69, 9.17) is 10.3 Å². The highest BCUT2D eigenvalue weighted by atomic mass is 32.2. The first-order valence-corrected chi connectivity index (χ1v) is 8.04. The molecule has 1 unspecified atom stereocenters. The van der Waals surface area contributed by atoms with E-state index < -0.39 is 0 Å². The molecule has 5 heteroatoms. The van der Waals surface area contributed by atoms with Crippen LogP contribution in [0.15, 0.2) is 4.52 Å². The highest BCUT2D eigenvalue weighted by Gasteiger charge is 2.10. The molecule has 0 aliphatic rings. The molecule has 104 valence electrons. The van der Waals surface area contributed by atoms with Gasteiger partial charge in [0.05, 0.1) is 5.75 Å². The van der Waals surface area contributed by atoms with Crippen LogP contribution in [-0.4, -0.2) is 22.4 Å². The molecule has 1 heterocycles. The highest BCUT2D eigenvalue weighted by molar-refractivity contribution is 7.98. The van der Waals surface area contributed by atoms with Gasteiger partial charge in [-0.05, 0) is 37.5 Å². The third-order valence-electron chi connectivity index (χ3n) is 3.01. The number of aromatic nitrogens is 2. The Hall–Kier alpha value is -0.550. The third-order valence-corrected chi connectivity index (χ3v) is 4.17. The average molecular weight is 271 g/mol. The van der Waals surface area contributed by atoms with Crippen molar-refractivity contribution >= 4 is 11.8 Å². The maximum Gasteiger partial charge on any atom is 0.226 e. The number of rotatable bonds is 10. The normalized spacial score (nSPS) is 12.8. The second-order valence-corrected chi connectivity index (χ2v) is 5.65. The predicted molar refractivity (Wildman–Crippen MR) is 76.5 cm³/mol. The van der Waals surface area contributed by atoms with Gasteiger partial charge in [-0.15, -0.1) is 0 Å². The van der Waals surface area contributed by atoms with E-state index in [1.54, 1.807) is 0 Å². The van der Waals surface area contributed by atoms with Crippen molar-refractivity contribution in [3.63, 3.8) is 0 Å². The van der Waals surface area contributed by atoms with Crippen molar-refractivity contribution in [3.8, 4) is 0 Å². The number of hydrogen-bond donors (Lipinski definition) is 1. The van der Waals surface area contributed by atoms with Gasteiger partial charge in [0.15, 0.2) is 5.82 Å². The number of aryl methyl sites for hydroxylation is 1. The van der Waals surface area contributed by atoms with Gasteiger partial charge in [0.2, 0.25) is 5.89 Å². The molecule has 0 amide bonds. The molecule has 0 spiro atoms. The van der Waals surface area contributed by atoms with Crippen LogP contribution in [0.1, 0.15) is 51.2 Å². The van der Waals surface area contributed by atoms with Crippen molar-refractivity contribution in [1.82, 2.24) is 10.1 Å². The van der Waals surface area contributed by atoms with E-state index in [2.05, 4.69) is 24.0 Å². The van der Waals surface area contributed by atoms with Gasteiger partial charge in [-0.25, -0.2) is 0 Å². The maximum absolute atomic E-state index is 5.59. The molecule has 0 aliphatic heterocycles. The fraction of sp³-hybridized carbons (Fsp3) is 0.846. The second-order valence-electron chi connectivity index (χ2n) is 4.55. The highest BCUT2D eigenvalue weighted by Crippen LogP contribution is 2.16. The van der Waals surface area contributed by atoms with Crippen LogP contribution in [0.2, 0.25) is 0 Å². The van der Waals surface area contributed by atoms with Crippen molar-refractivity contribution < 1.29 is 4.52 Å². The average Bonchev–Trinajstić information content (AvgIpc) is 2.83. The van der Waals surface area contributed by atoms with E-state index in [1.165, 1.54) is 12.8 Å². The molecule has 1 atom stereocenters. The molecule has 0 saturated heterocycles. The van der Waals surface area contributed by atoms with Crippen LogP contribution in [0.4, 0.5) is 0 Å². The van der Waals surface area contributed by atoms with E-state index in [0.717, 1.165) is 49.0 Å². The summed E-state index contributed by atoms with van der Waals surface area (Å²) in [4.78, 5) is 4.42. The van der Waals surface area contributed by atoms with Crippen LogP contribution in [-0.2, 0) is 12.2 Å². The molecule has 0 aliphatic carbocycles. The van der Waals surface area contributed by atoms with Gasteiger partial charge in [-0.2, -0.15) is 16.7 Å². The zero-order valence-corrected chi connectivity index (χ0v) is 12.3. The summed E-state index contributed by atoms with van der Waals surface area (Å²) in [6, 6.07) is 0. The smallest absolute Gasteiger partial charge is 0.226 e. The lowest BCUT2D eigenvalue weighted by atomic mass is 9.97. The summed E-state index contributed by atoms with van der Waals surface area (Å²) in [6.07, 6.45) is 5.42. The van der Waals surface area contributed by atoms with Crippen molar-refractivity contribution in [2.24, 2.45) is 11.7 Å². The zero-order chi connectivity index (χ0) is 13.2. The molecule has 0 saturated carbocycles. The molecule has 4 nitrogen and oxygen atoms in total. The Bertz CT molecular complexity index is 317. The van der Waals surface area contributed by atoms with Crippen LogP contribution in [0, 0.1) is 5.92 Å². The molecular formula is C13H25N3OS. The van der Waals surface area contributed by atoms with E-state index in [0.29, 0.717) is 5.92 Å². The SMILES string of the molecule is CCCSCc1noc(CCC(CC)CCN)n1. The Morgan fingerprint density at radius 3 is 2.83 bits per heavy atom. The zero-order valence-electron chi connectivity index (χ0n) is 11.5. The van der Waals surface area contributed by atoms with E-state index >= 15 is 0 Å². The Morgan fingerprint density at radius 1 is 1.33 bits per heavy atom. The molecule has 0 aromatic carbocycles. The first-order chi connectivity index (χ1) is 8.80. The van der Waals surface area contributed by atoms with Crippen LogP contribution in [0.25, 0.3) is 0 Å². The first-order valence-electron chi connectivity index (χ1n) is 6.89. The van der Waals surface area contributed by atoms with Crippen molar-refractivity contribution in [2.75, 3.05) is 12.3 Å². The number of thioether (sulfide) groups is 1. The molecule has 0 radical (unpaired) electrons. The monoisotopic (exact) mass is 271 g/mol. The summed E-state index contributed by atoms with van der Waals surface area (Å²) in [7, 11) is 0. The van der Waals surface area contributed by atoms with Crippen molar-refractivity contribution in [2.45, 2.75) is 51.7 Å². The van der Waals surface area contributed by atoms with Gasteiger partial charge < -0.3 is 10.3 Å². The lowest BCUT2D eigenvalue weighted by Crippen LogP contribution is -2.09.